The van der Waals surface area contributed by atoms with E-state index in [-0.39, 0.29) is 24.8 Å². The average molecular weight is 492 g/mol. The van der Waals surface area contributed by atoms with Crippen LogP contribution >= 0.6 is 0 Å². The van der Waals surface area contributed by atoms with Gasteiger partial charge in [-0.1, -0.05) is 62.4 Å². The van der Waals surface area contributed by atoms with Gasteiger partial charge in [0.25, 0.3) is 0 Å². The van der Waals surface area contributed by atoms with E-state index in [1.54, 1.807) is 0 Å². The number of hydrogen-bond acceptors (Lipinski definition) is 5. The van der Waals surface area contributed by atoms with Gasteiger partial charge in [0.1, 0.15) is 12.1 Å². The maximum Gasteiger partial charge on any atom is 0.328 e. The number of carbonyl (C=O) groups excluding carboxylic acids is 3. The molecule has 0 bridgehead atoms. The normalized spacial score (nSPS) is 12.6. The van der Waals surface area contributed by atoms with Gasteiger partial charge in [-0.05, 0) is 35.7 Å². The fourth-order valence-corrected chi connectivity index (χ4v) is 3.31. The van der Waals surface area contributed by atoms with Crippen molar-refractivity contribution in [3.05, 3.63) is 71.3 Å². The predicted octanol–water partition coefficient (Wildman–Crippen LogP) is 1.09. The van der Waals surface area contributed by atoms with E-state index >= 15 is 0 Å². The van der Waals surface area contributed by atoms with Crippen LogP contribution in [0.4, 0.5) is 0 Å². The number of esters is 1. The highest BCUT2D eigenvalue weighted by Gasteiger charge is 2.26. The third kappa shape index (κ3) is 9.14. The number of benzene rings is 2. The summed E-state index contributed by atoms with van der Waals surface area (Å²) in [7, 11) is 1.25. The van der Waals surface area contributed by atoms with Crippen molar-refractivity contribution in [3.63, 3.8) is 0 Å². The molecule has 2 amide bonds. The number of nitrogens with zero attached hydrogens (tertiary/aromatic N) is 1. The Bertz CT molecular complexity index is 1120. The lowest BCUT2D eigenvalue weighted by atomic mass is 9.99. The molecule has 9 nitrogen and oxygen atoms in total. The molecule has 36 heavy (non-hydrogen) atoms. The SMILES string of the molecule is CC[C@@H](C)[C@@H](N=C(N)N)C(=O)NCC(=O)N[C@@H](Cc1ccc(C#Cc2ccccc2)cc1)C(=O)OC. The number of guanidine groups is 1. The number of aliphatic imine (C=N–C) groups is 1. The molecule has 6 N–H and O–H groups in total. The summed E-state index contributed by atoms with van der Waals surface area (Å²) in [6, 6.07) is 15.3. The second kappa shape index (κ2) is 14.2. The fourth-order valence-electron chi connectivity index (χ4n) is 3.31. The largest absolute Gasteiger partial charge is 0.467 e. The fraction of sp³-hybridized carbons (Fsp3) is 0.333. The molecule has 0 aliphatic rings. The average Bonchev–Trinajstić information content (AvgIpc) is 2.89. The lowest BCUT2D eigenvalue weighted by molar-refractivity contribution is -0.145. The highest BCUT2D eigenvalue weighted by Crippen LogP contribution is 2.12. The second-order valence-electron chi connectivity index (χ2n) is 8.26. The van der Waals surface area contributed by atoms with Crippen LogP contribution in [0.2, 0.25) is 0 Å². The Morgan fingerprint density at radius 1 is 1.00 bits per heavy atom. The first kappa shape index (κ1) is 27.9. The highest BCUT2D eigenvalue weighted by atomic mass is 16.5. The summed E-state index contributed by atoms with van der Waals surface area (Å²) in [4.78, 5) is 41.3. The van der Waals surface area contributed by atoms with Crippen LogP contribution in [0.3, 0.4) is 0 Å². The second-order valence-corrected chi connectivity index (χ2v) is 8.26. The van der Waals surface area contributed by atoms with Crippen molar-refractivity contribution in [1.82, 2.24) is 10.6 Å². The monoisotopic (exact) mass is 491 g/mol. The minimum atomic E-state index is -0.927. The number of ether oxygens (including phenoxy) is 1. The first-order valence-corrected chi connectivity index (χ1v) is 11.6. The number of methoxy groups -OCH3 is 1. The maximum absolute atomic E-state index is 12.5. The van der Waals surface area contributed by atoms with Gasteiger partial charge in [-0.2, -0.15) is 0 Å². The Balaban J connectivity index is 1.99. The van der Waals surface area contributed by atoms with Gasteiger partial charge in [-0.3, -0.25) is 9.59 Å². The minimum absolute atomic E-state index is 0.127. The van der Waals surface area contributed by atoms with Gasteiger partial charge in [0.15, 0.2) is 5.96 Å². The van der Waals surface area contributed by atoms with Crippen molar-refractivity contribution >= 4 is 23.7 Å². The third-order valence-corrected chi connectivity index (χ3v) is 5.50. The standard InChI is InChI=1S/C27H33N5O4/c1-4-18(2)24(32-27(28)29)25(34)30-17-23(33)31-22(26(35)36-3)16-21-14-12-20(13-15-21)11-10-19-8-6-5-7-9-19/h5-9,12-15,18,22,24H,4,16-17H2,1-3H3,(H,30,34)(H,31,33)(H4,28,29,32)/t18-,22+,24-/m1/s1. The molecule has 9 heteroatoms. The summed E-state index contributed by atoms with van der Waals surface area (Å²) < 4.78 is 4.84. The van der Waals surface area contributed by atoms with Gasteiger partial charge in [0, 0.05) is 17.5 Å². The number of hydrogen-bond donors (Lipinski definition) is 4. The van der Waals surface area contributed by atoms with Crippen LogP contribution in [0.5, 0.6) is 0 Å². The molecule has 2 aromatic rings. The maximum atomic E-state index is 12.5. The number of rotatable bonds is 10. The molecule has 0 aliphatic carbocycles. The molecule has 2 aromatic carbocycles. The molecule has 0 saturated carbocycles. The summed E-state index contributed by atoms with van der Waals surface area (Å²) in [6.45, 7) is 3.40. The molecule has 0 radical (unpaired) electrons. The molecule has 0 aromatic heterocycles. The number of amides is 2. The molecule has 0 fully saturated rings. The van der Waals surface area contributed by atoms with Crippen molar-refractivity contribution in [2.75, 3.05) is 13.7 Å². The highest BCUT2D eigenvalue weighted by molar-refractivity contribution is 5.91. The molecule has 0 unspecified atom stereocenters. The van der Waals surface area contributed by atoms with Gasteiger partial charge in [0.2, 0.25) is 11.8 Å². The van der Waals surface area contributed by atoms with Crippen molar-refractivity contribution in [3.8, 4) is 11.8 Å². The van der Waals surface area contributed by atoms with Gasteiger partial charge in [0.05, 0.1) is 13.7 Å². The first-order valence-electron chi connectivity index (χ1n) is 11.6. The summed E-state index contributed by atoms with van der Waals surface area (Å²) in [6.07, 6.45) is 0.879. The van der Waals surface area contributed by atoms with E-state index in [4.69, 9.17) is 16.2 Å². The van der Waals surface area contributed by atoms with Crippen LogP contribution in [0, 0.1) is 17.8 Å². The Hall–Kier alpha value is -4.32. The Morgan fingerprint density at radius 3 is 2.17 bits per heavy atom. The van der Waals surface area contributed by atoms with Crippen LogP contribution in [0.25, 0.3) is 0 Å². The van der Waals surface area contributed by atoms with Gasteiger partial charge in [-0.25, -0.2) is 9.79 Å². The van der Waals surface area contributed by atoms with E-state index in [1.807, 2.05) is 68.4 Å². The topological polar surface area (TPSA) is 149 Å². The summed E-state index contributed by atoms with van der Waals surface area (Å²) in [5.41, 5.74) is 13.4. The Labute approximate surface area is 211 Å². The minimum Gasteiger partial charge on any atom is -0.467 e. The van der Waals surface area contributed by atoms with Crippen molar-refractivity contribution < 1.29 is 19.1 Å². The smallest absolute Gasteiger partial charge is 0.328 e. The molecule has 0 heterocycles. The zero-order chi connectivity index (χ0) is 26.5. The summed E-state index contributed by atoms with van der Waals surface area (Å²) in [5, 5.41) is 5.14. The quantitative estimate of drug-likeness (QED) is 0.169. The number of carbonyl (C=O) groups is 3. The van der Waals surface area contributed by atoms with Crippen molar-refractivity contribution in [2.24, 2.45) is 22.4 Å². The predicted molar refractivity (Wildman–Crippen MR) is 139 cm³/mol. The first-order chi connectivity index (χ1) is 17.2. The van der Waals surface area contributed by atoms with Gasteiger partial charge in [-0.15, -0.1) is 0 Å². The van der Waals surface area contributed by atoms with E-state index in [1.165, 1.54) is 7.11 Å². The zero-order valence-corrected chi connectivity index (χ0v) is 20.8. The molecule has 2 rings (SSSR count). The van der Waals surface area contributed by atoms with E-state index in [0.29, 0.717) is 6.42 Å². The van der Waals surface area contributed by atoms with Crippen molar-refractivity contribution in [2.45, 2.75) is 38.8 Å². The van der Waals surface area contributed by atoms with E-state index in [9.17, 15) is 14.4 Å². The Kier molecular flexibility index (Phi) is 11.0. The summed E-state index contributed by atoms with van der Waals surface area (Å²) >= 11 is 0. The van der Waals surface area contributed by atoms with Crippen LogP contribution < -0.4 is 22.1 Å². The molecule has 0 saturated heterocycles. The molecular weight excluding hydrogens is 458 g/mol. The van der Waals surface area contributed by atoms with Crippen LogP contribution in [-0.2, 0) is 25.5 Å². The van der Waals surface area contributed by atoms with E-state index in [0.717, 1.165) is 16.7 Å². The third-order valence-electron chi connectivity index (χ3n) is 5.50. The Morgan fingerprint density at radius 2 is 1.61 bits per heavy atom. The van der Waals surface area contributed by atoms with Crippen LogP contribution in [0.1, 0.15) is 37.0 Å². The molecule has 0 spiro atoms. The molecule has 190 valence electrons. The van der Waals surface area contributed by atoms with Crippen molar-refractivity contribution in [1.29, 1.82) is 0 Å². The lowest BCUT2D eigenvalue weighted by Crippen LogP contribution is -2.49. The number of nitrogens with one attached hydrogen (secondary N) is 2. The van der Waals surface area contributed by atoms with Gasteiger partial charge < -0.3 is 26.8 Å². The molecular formula is C27H33N5O4. The van der Waals surface area contributed by atoms with Crippen LogP contribution in [-0.4, -0.2) is 49.5 Å². The number of nitrogens with two attached hydrogens (primary N) is 2. The molecule has 3 atom stereocenters. The van der Waals surface area contributed by atoms with Crippen LogP contribution in [0.15, 0.2) is 59.6 Å². The molecule has 0 aliphatic heterocycles. The lowest BCUT2D eigenvalue weighted by Gasteiger charge is -2.20. The summed E-state index contributed by atoms with van der Waals surface area (Å²) in [5.74, 6) is 4.23. The van der Waals surface area contributed by atoms with Gasteiger partial charge >= 0.3 is 5.97 Å². The van der Waals surface area contributed by atoms with E-state index < -0.39 is 29.9 Å². The van der Waals surface area contributed by atoms with E-state index in [2.05, 4.69) is 27.5 Å². The zero-order valence-electron chi connectivity index (χ0n) is 20.8.